The highest BCUT2D eigenvalue weighted by Crippen LogP contribution is 2.35. The molecule has 1 aromatic rings. The average molecular weight is 309 g/mol. The van der Waals surface area contributed by atoms with E-state index in [1.54, 1.807) is 0 Å². The third-order valence-corrected chi connectivity index (χ3v) is 5.35. The second kappa shape index (κ2) is 7.13. The van der Waals surface area contributed by atoms with Crippen molar-refractivity contribution in [3.05, 3.63) is 34.3 Å². The Labute approximate surface area is 134 Å². The lowest BCUT2D eigenvalue weighted by Crippen LogP contribution is -2.54. The molecule has 0 aromatic heterocycles. The van der Waals surface area contributed by atoms with Gasteiger partial charge in [-0.25, -0.2) is 0 Å². The van der Waals surface area contributed by atoms with Gasteiger partial charge in [0.25, 0.3) is 0 Å². The van der Waals surface area contributed by atoms with E-state index in [-0.39, 0.29) is 0 Å². The molecular formula is C18H29ClN2. The van der Waals surface area contributed by atoms with E-state index in [4.69, 9.17) is 11.6 Å². The average Bonchev–Trinajstić information content (AvgIpc) is 2.41. The zero-order valence-corrected chi connectivity index (χ0v) is 14.6. The van der Waals surface area contributed by atoms with Crippen LogP contribution in [0.3, 0.4) is 0 Å². The third-order valence-electron chi connectivity index (χ3n) is 4.99. The van der Waals surface area contributed by atoms with E-state index >= 15 is 0 Å². The number of benzene rings is 1. The molecule has 118 valence electrons. The van der Waals surface area contributed by atoms with Gasteiger partial charge in [0.05, 0.1) is 0 Å². The van der Waals surface area contributed by atoms with Gasteiger partial charge in [-0.05, 0) is 57.0 Å². The minimum Gasteiger partial charge on any atom is -0.311 e. The lowest BCUT2D eigenvalue weighted by Gasteiger charge is -2.45. The molecule has 2 unspecified atom stereocenters. The van der Waals surface area contributed by atoms with E-state index in [0.29, 0.717) is 5.54 Å². The van der Waals surface area contributed by atoms with Gasteiger partial charge in [-0.15, -0.1) is 0 Å². The summed E-state index contributed by atoms with van der Waals surface area (Å²) in [6.07, 6.45) is 5.29. The molecule has 3 heteroatoms. The van der Waals surface area contributed by atoms with Gasteiger partial charge in [-0.3, -0.25) is 0 Å². The normalized spacial score (nSPS) is 26.3. The fraction of sp³-hybridized carbons (Fsp3) is 0.667. The van der Waals surface area contributed by atoms with Crippen molar-refractivity contribution in [2.75, 3.05) is 20.6 Å². The highest BCUT2D eigenvalue weighted by atomic mass is 35.5. The predicted molar refractivity (Wildman–Crippen MR) is 91.9 cm³/mol. The van der Waals surface area contributed by atoms with Crippen LogP contribution in [0.25, 0.3) is 0 Å². The number of nitrogens with one attached hydrogen (secondary N) is 1. The first-order valence-electron chi connectivity index (χ1n) is 8.06. The molecule has 1 aliphatic carbocycles. The van der Waals surface area contributed by atoms with Gasteiger partial charge in [0, 0.05) is 23.7 Å². The molecule has 21 heavy (non-hydrogen) atoms. The first-order valence-corrected chi connectivity index (χ1v) is 8.44. The maximum Gasteiger partial charge on any atom is 0.0453 e. The van der Waals surface area contributed by atoms with E-state index in [2.05, 4.69) is 50.3 Å². The number of hydrogen-bond donors (Lipinski definition) is 1. The van der Waals surface area contributed by atoms with E-state index in [1.807, 2.05) is 6.07 Å². The van der Waals surface area contributed by atoms with Crippen LogP contribution in [-0.4, -0.2) is 31.1 Å². The van der Waals surface area contributed by atoms with Gasteiger partial charge in [0.1, 0.15) is 0 Å². The fourth-order valence-electron chi connectivity index (χ4n) is 3.58. The summed E-state index contributed by atoms with van der Waals surface area (Å²) in [6.45, 7) is 6.35. The summed E-state index contributed by atoms with van der Waals surface area (Å²) in [6, 6.07) is 6.31. The Morgan fingerprint density at radius 3 is 2.76 bits per heavy atom. The molecule has 1 saturated carbocycles. The van der Waals surface area contributed by atoms with Gasteiger partial charge >= 0.3 is 0 Å². The molecule has 0 spiro atoms. The molecule has 0 radical (unpaired) electrons. The van der Waals surface area contributed by atoms with Crippen molar-refractivity contribution < 1.29 is 0 Å². The molecule has 1 fully saturated rings. The van der Waals surface area contributed by atoms with Crippen LogP contribution >= 0.6 is 11.6 Å². The molecule has 1 aliphatic rings. The van der Waals surface area contributed by atoms with E-state index in [1.165, 1.54) is 36.8 Å². The van der Waals surface area contributed by atoms with Crippen molar-refractivity contribution in [1.29, 1.82) is 0 Å². The zero-order chi connectivity index (χ0) is 15.5. The van der Waals surface area contributed by atoms with Crippen LogP contribution in [0.1, 0.15) is 43.7 Å². The largest absolute Gasteiger partial charge is 0.311 e. The Bertz CT molecular complexity index is 472. The van der Waals surface area contributed by atoms with Crippen molar-refractivity contribution in [1.82, 2.24) is 10.2 Å². The van der Waals surface area contributed by atoms with Crippen LogP contribution < -0.4 is 5.32 Å². The van der Waals surface area contributed by atoms with Crippen LogP contribution in [0.4, 0.5) is 0 Å². The van der Waals surface area contributed by atoms with E-state index < -0.39 is 0 Å². The van der Waals surface area contributed by atoms with Crippen LogP contribution in [0.5, 0.6) is 0 Å². The number of halogens is 1. The Hall–Kier alpha value is -0.570. The summed E-state index contributed by atoms with van der Waals surface area (Å²) in [5.41, 5.74) is 2.71. The van der Waals surface area contributed by atoms with Gasteiger partial charge in [0.15, 0.2) is 0 Å². The third kappa shape index (κ3) is 4.21. The van der Waals surface area contributed by atoms with Gasteiger partial charge < -0.3 is 10.2 Å². The molecule has 1 N–H and O–H groups in total. The highest BCUT2D eigenvalue weighted by molar-refractivity contribution is 6.31. The number of aryl methyl sites for hydroxylation is 1. The summed E-state index contributed by atoms with van der Waals surface area (Å²) in [7, 11) is 4.44. The maximum absolute atomic E-state index is 6.32. The molecular weight excluding hydrogens is 280 g/mol. The fourth-order valence-corrected chi connectivity index (χ4v) is 3.88. The quantitative estimate of drug-likeness (QED) is 0.875. The molecule has 0 aliphatic heterocycles. The van der Waals surface area contributed by atoms with Gasteiger partial charge in [-0.2, -0.15) is 0 Å². The van der Waals surface area contributed by atoms with Crippen molar-refractivity contribution in [2.45, 2.75) is 51.6 Å². The van der Waals surface area contributed by atoms with Crippen molar-refractivity contribution in [2.24, 2.45) is 5.92 Å². The maximum atomic E-state index is 6.32. The Morgan fingerprint density at radius 2 is 2.14 bits per heavy atom. The Morgan fingerprint density at radius 1 is 1.38 bits per heavy atom. The minimum atomic E-state index is 0.300. The number of rotatable bonds is 5. The van der Waals surface area contributed by atoms with Crippen LogP contribution in [0.2, 0.25) is 5.02 Å². The summed E-state index contributed by atoms with van der Waals surface area (Å²) in [5, 5.41) is 4.52. The summed E-state index contributed by atoms with van der Waals surface area (Å²) in [4.78, 5) is 2.42. The van der Waals surface area contributed by atoms with Crippen LogP contribution in [0, 0.1) is 12.8 Å². The van der Waals surface area contributed by atoms with Crippen molar-refractivity contribution >= 4 is 11.6 Å². The molecule has 0 heterocycles. The van der Waals surface area contributed by atoms with E-state index in [0.717, 1.165) is 24.0 Å². The van der Waals surface area contributed by atoms with E-state index in [9.17, 15) is 0 Å². The summed E-state index contributed by atoms with van der Waals surface area (Å²) >= 11 is 6.32. The smallest absolute Gasteiger partial charge is 0.0453 e. The molecule has 2 atom stereocenters. The molecule has 2 nitrogen and oxygen atoms in total. The Balaban J connectivity index is 1.96. The van der Waals surface area contributed by atoms with Crippen molar-refractivity contribution in [3.8, 4) is 0 Å². The highest BCUT2D eigenvalue weighted by Gasteiger charge is 2.36. The monoisotopic (exact) mass is 308 g/mol. The molecule has 0 saturated heterocycles. The lowest BCUT2D eigenvalue weighted by molar-refractivity contribution is 0.0749. The zero-order valence-electron chi connectivity index (χ0n) is 13.9. The summed E-state index contributed by atoms with van der Waals surface area (Å²) in [5.74, 6) is 0.825. The molecule has 2 rings (SSSR count). The number of likely N-dealkylation sites (N-methyl/N-ethyl adjacent to an activating group) is 1. The van der Waals surface area contributed by atoms with Crippen molar-refractivity contribution in [3.63, 3.8) is 0 Å². The second-order valence-corrected chi connectivity index (χ2v) is 7.43. The molecule has 1 aromatic carbocycles. The second-order valence-electron chi connectivity index (χ2n) is 7.02. The Kier molecular flexibility index (Phi) is 5.70. The summed E-state index contributed by atoms with van der Waals surface area (Å²) < 4.78 is 0. The number of nitrogens with zero attached hydrogens (tertiary/aromatic N) is 1. The van der Waals surface area contributed by atoms with Gasteiger partial charge in [0.2, 0.25) is 0 Å². The lowest BCUT2D eigenvalue weighted by atomic mass is 9.75. The first-order chi connectivity index (χ1) is 9.93. The topological polar surface area (TPSA) is 15.3 Å². The number of hydrogen-bond acceptors (Lipinski definition) is 2. The van der Waals surface area contributed by atoms with Crippen LogP contribution in [-0.2, 0) is 6.54 Å². The first kappa shape index (κ1) is 16.8. The molecule has 0 amide bonds. The van der Waals surface area contributed by atoms with Gasteiger partial charge in [-0.1, -0.05) is 43.5 Å². The SMILES string of the molecule is Cc1ccc(CNCC2(N(C)C)CCCC(C)C2)c(Cl)c1. The van der Waals surface area contributed by atoms with Crippen LogP contribution in [0.15, 0.2) is 18.2 Å². The minimum absolute atomic E-state index is 0.300. The standard InChI is InChI=1S/C18H29ClN2/c1-14-7-8-16(17(19)10-14)12-20-13-18(21(3)4)9-5-6-15(2)11-18/h7-8,10,15,20H,5-6,9,11-13H2,1-4H3. The predicted octanol–water partition coefficient (Wildman–Crippen LogP) is 4.25. The molecule has 0 bridgehead atoms.